The van der Waals surface area contributed by atoms with Crippen LogP contribution in [0.2, 0.25) is 0 Å². The smallest absolute Gasteiger partial charge is 0.312 e. The number of benzene rings is 3. The van der Waals surface area contributed by atoms with Gasteiger partial charge in [0, 0.05) is 12.3 Å². The van der Waals surface area contributed by atoms with Crippen LogP contribution >= 0.6 is 0 Å². The number of hydrogen-bond acceptors (Lipinski definition) is 6. The van der Waals surface area contributed by atoms with E-state index in [-0.39, 0.29) is 10.6 Å². The maximum atomic E-state index is 11.6. The number of ether oxygens (including phenoxy) is 2. The van der Waals surface area contributed by atoms with E-state index in [4.69, 9.17) is 9.47 Å². The maximum absolute atomic E-state index is 11.6. The average molecular weight is 399 g/mol. The fourth-order valence-electron chi connectivity index (χ4n) is 2.43. The van der Waals surface area contributed by atoms with Crippen molar-refractivity contribution >= 4 is 15.5 Å². The Morgan fingerprint density at radius 3 is 2.18 bits per heavy atom. The van der Waals surface area contributed by atoms with Gasteiger partial charge in [0.1, 0.15) is 18.1 Å². The van der Waals surface area contributed by atoms with Crippen molar-refractivity contribution in [2.75, 3.05) is 6.26 Å². The van der Waals surface area contributed by atoms with Crippen LogP contribution in [0.25, 0.3) is 0 Å². The van der Waals surface area contributed by atoms with Crippen molar-refractivity contribution in [3.05, 3.63) is 88.5 Å². The Balaban J connectivity index is 1.74. The summed E-state index contributed by atoms with van der Waals surface area (Å²) >= 11 is 0. The third-order valence-corrected chi connectivity index (χ3v) is 4.97. The molecule has 0 heterocycles. The molecule has 7 nitrogen and oxygen atoms in total. The van der Waals surface area contributed by atoms with E-state index >= 15 is 0 Å². The minimum atomic E-state index is -3.56. The summed E-state index contributed by atoms with van der Waals surface area (Å²) in [6.45, 7) is 0.416. The first-order chi connectivity index (χ1) is 13.3. The zero-order valence-corrected chi connectivity index (χ0v) is 15.8. The van der Waals surface area contributed by atoms with Gasteiger partial charge in [-0.2, -0.15) is 0 Å². The summed E-state index contributed by atoms with van der Waals surface area (Å²) in [6.07, 6.45) is 0.987. The van der Waals surface area contributed by atoms with Crippen molar-refractivity contribution in [2.45, 2.75) is 11.5 Å². The highest BCUT2D eigenvalue weighted by Gasteiger charge is 2.20. The van der Waals surface area contributed by atoms with Crippen molar-refractivity contribution in [1.82, 2.24) is 0 Å². The fourth-order valence-corrected chi connectivity index (χ4v) is 3.07. The molecule has 0 aromatic heterocycles. The van der Waals surface area contributed by atoms with E-state index in [2.05, 4.69) is 0 Å². The molecule has 0 atom stereocenters. The van der Waals surface area contributed by atoms with Gasteiger partial charge in [0.05, 0.1) is 9.82 Å². The Bertz CT molecular complexity index is 1080. The first-order valence-corrected chi connectivity index (χ1v) is 10.2. The second kappa shape index (κ2) is 8.10. The normalized spacial score (nSPS) is 11.0. The van der Waals surface area contributed by atoms with Gasteiger partial charge >= 0.3 is 5.69 Å². The molecule has 3 aromatic rings. The molecule has 0 saturated carbocycles. The molecule has 0 aliphatic rings. The first-order valence-electron chi connectivity index (χ1n) is 8.26. The van der Waals surface area contributed by atoms with E-state index in [1.165, 1.54) is 12.1 Å². The molecule has 0 radical (unpaired) electrons. The molecule has 0 amide bonds. The number of hydrogen-bond donors (Lipinski definition) is 0. The fraction of sp³-hybridized carbons (Fsp3) is 0.100. The van der Waals surface area contributed by atoms with E-state index in [9.17, 15) is 18.5 Å². The van der Waals surface area contributed by atoms with Crippen molar-refractivity contribution in [1.29, 1.82) is 0 Å². The molecular weight excluding hydrogens is 382 g/mol. The summed E-state index contributed by atoms with van der Waals surface area (Å²) in [4.78, 5) is 10.5. The molecule has 0 saturated heterocycles. The Hall–Kier alpha value is -3.39. The lowest BCUT2D eigenvalue weighted by Gasteiger charge is -2.09. The monoisotopic (exact) mass is 399 g/mol. The van der Waals surface area contributed by atoms with Gasteiger partial charge in [-0.1, -0.05) is 30.3 Å². The molecule has 3 aromatic carbocycles. The van der Waals surface area contributed by atoms with E-state index < -0.39 is 20.4 Å². The van der Waals surface area contributed by atoms with Crippen LogP contribution < -0.4 is 9.47 Å². The highest BCUT2D eigenvalue weighted by Crippen LogP contribution is 2.34. The van der Waals surface area contributed by atoms with E-state index in [0.29, 0.717) is 18.1 Å². The lowest BCUT2D eigenvalue weighted by Crippen LogP contribution is -2.00. The molecule has 8 heteroatoms. The molecule has 0 spiro atoms. The van der Waals surface area contributed by atoms with Gasteiger partial charge in [-0.3, -0.25) is 10.1 Å². The van der Waals surface area contributed by atoms with E-state index in [1.807, 2.05) is 30.3 Å². The van der Waals surface area contributed by atoms with E-state index in [0.717, 1.165) is 17.9 Å². The molecule has 0 N–H and O–H groups in total. The van der Waals surface area contributed by atoms with Crippen LogP contribution in [-0.2, 0) is 16.4 Å². The second-order valence-corrected chi connectivity index (χ2v) is 8.02. The van der Waals surface area contributed by atoms with Crippen molar-refractivity contribution in [3.63, 3.8) is 0 Å². The molecule has 0 fully saturated rings. The van der Waals surface area contributed by atoms with Gasteiger partial charge in [-0.25, -0.2) is 8.42 Å². The Labute approximate surface area is 162 Å². The summed E-state index contributed by atoms with van der Waals surface area (Å²) in [5.41, 5.74) is 0.608. The number of nitrogens with zero attached hydrogens (tertiary/aromatic N) is 1. The maximum Gasteiger partial charge on any atom is 0.312 e. The molecule has 3 rings (SSSR count). The minimum Gasteiger partial charge on any atom is -0.489 e. The second-order valence-electron chi connectivity index (χ2n) is 6.01. The van der Waals surface area contributed by atoms with E-state index in [1.54, 1.807) is 24.3 Å². The molecule has 0 unspecified atom stereocenters. The third kappa shape index (κ3) is 4.86. The molecular formula is C20H17NO6S. The summed E-state index contributed by atoms with van der Waals surface area (Å²) in [6, 6.07) is 19.8. The van der Waals surface area contributed by atoms with Crippen LogP contribution in [0.15, 0.2) is 77.7 Å². The predicted molar refractivity (Wildman–Crippen MR) is 103 cm³/mol. The third-order valence-electron chi connectivity index (χ3n) is 3.86. The van der Waals surface area contributed by atoms with Crippen LogP contribution in [0.1, 0.15) is 5.56 Å². The number of sulfone groups is 1. The van der Waals surface area contributed by atoms with Gasteiger partial charge in [-0.15, -0.1) is 0 Å². The predicted octanol–water partition coefficient (Wildman–Crippen LogP) is 4.37. The topological polar surface area (TPSA) is 95.7 Å². The Morgan fingerprint density at radius 2 is 1.57 bits per heavy atom. The number of rotatable bonds is 7. The van der Waals surface area contributed by atoms with Crippen LogP contribution in [0.5, 0.6) is 17.2 Å². The van der Waals surface area contributed by atoms with Gasteiger partial charge in [0.15, 0.2) is 9.84 Å². The average Bonchev–Trinajstić information content (AvgIpc) is 2.67. The van der Waals surface area contributed by atoms with Crippen molar-refractivity contribution in [2.24, 2.45) is 0 Å². The largest absolute Gasteiger partial charge is 0.489 e. The Kier molecular flexibility index (Phi) is 5.60. The lowest BCUT2D eigenvalue weighted by atomic mass is 10.2. The summed E-state index contributed by atoms with van der Waals surface area (Å²) in [7, 11) is -3.56. The van der Waals surface area contributed by atoms with Crippen LogP contribution in [0, 0.1) is 10.1 Å². The summed E-state index contributed by atoms with van der Waals surface area (Å²) < 4.78 is 34.4. The summed E-state index contributed by atoms with van der Waals surface area (Å²) in [5, 5.41) is 11.3. The summed E-state index contributed by atoms with van der Waals surface area (Å²) in [5.74, 6) is 0.941. The standard InChI is InChI=1S/C20H17NO6S/c1-28(24,25)18-11-12-20(19(13-18)21(22)23)27-17-9-7-16(8-10-17)26-14-15-5-3-2-4-6-15/h2-13H,14H2,1H3. The van der Waals surface area contributed by atoms with Crippen LogP contribution in [0.3, 0.4) is 0 Å². The number of nitro benzene ring substituents is 1. The molecule has 28 heavy (non-hydrogen) atoms. The Morgan fingerprint density at radius 1 is 0.929 bits per heavy atom. The van der Waals surface area contributed by atoms with Gasteiger partial charge in [-0.05, 0) is 42.0 Å². The van der Waals surface area contributed by atoms with Gasteiger partial charge in [0.25, 0.3) is 0 Å². The van der Waals surface area contributed by atoms with Crippen molar-refractivity contribution < 1.29 is 22.8 Å². The SMILES string of the molecule is CS(=O)(=O)c1ccc(Oc2ccc(OCc3ccccc3)cc2)c([N+](=O)[O-])c1. The van der Waals surface area contributed by atoms with Gasteiger partial charge < -0.3 is 9.47 Å². The molecule has 144 valence electrons. The lowest BCUT2D eigenvalue weighted by molar-refractivity contribution is -0.385. The zero-order chi connectivity index (χ0) is 20.1. The first kappa shape index (κ1) is 19.4. The zero-order valence-electron chi connectivity index (χ0n) is 14.9. The van der Waals surface area contributed by atoms with Crippen LogP contribution in [0.4, 0.5) is 5.69 Å². The van der Waals surface area contributed by atoms with Crippen molar-refractivity contribution in [3.8, 4) is 17.2 Å². The van der Waals surface area contributed by atoms with Gasteiger partial charge in [0.2, 0.25) is 5.75 Å². The minimum absolute atomic E-state index is 0.0460. The highest BCUT2D eigenvalue weighted by atomic mass is 32.2. The quantitative estimate of drug-likeness (QED) is 0.432. The van der Waals surface area contributed by atoms with Crippen LogP contribution in [-0.4, -0.2) is 19.6 Å². The molecule has 0 bridgehead atoms. The molecule has 0 aliphatic heterocycles. The molecule has 0 aliphatic carbocycles. The number of nitro groups is 1. The highest BCUT2D eigenvalue weighted by molar-refractivity contribution is 7.90.